The van der Waals surface area contributed by atoms with Crippen molar-refractivity contribution in [2.75, 3.05) is 20.7 Å². The highest BCUT2D eigenvalue weighted by Gasteiger charge is 2.50. The van der Waals surface area contributed by atoms with Crippen LogP contribution in [0.4, 0.5) is 0 Å². The number of hydrogen-bond acceptors (Lipinski definition) is 3. The first-order valence-electron chi connectivity index (χ1n) is 6.58. The van der Waals surface area contributed by atoms with Gasteiger partial charge in [-0.2, -0.15) is 0 Å². The molecule has 2 aliphatic rings. The van der Waals surface area contributed by atoms with E-state index in [4.69, 9.17) is 4.74 Å². The Balaban J connectivity index is 2.23. The van der Waals surface area contributed by atoms with Crippen LogP contribution in [0.15, 0.2) is 0 Å². The lowest BCUT2D eigenvalue weighted by atomic mass is 10.1. The first-order chi connectivity index (χ1) is 8.43. The minimum absolute atomic E-state index is 0.00185. The van der Waals surface area contributed by atoms with E-state index in [0.717, 1.165) is 6.42 Å². The lowest BCUT2D eigenvalue weighted by Crippen LogP contribution is -2.50. The molecule has 5 nitrogen and oxygen atoms in total. The van der Waals surface area contributed by atoms with Crippen molar-refractivity contribution in [3.05, 3.63) is 0 Å². The van der Waals surface area contributed by atoms with Gasteiger partial charge in [-0.15, -0.1) is 0 Å². The van der Waals surface area contributed by atoms with Gasteiger partial charge in [-0.05, 0) is 6.42 Å². The Bertz CT molecular complexity index is 354. The summed E-state index contributed by atoms with van der Waals surface area (Å²) in [5.74, 6) is -0.0167. The maximum Gasteiger partial charge on any atom is 0.244 e. The summed E-state index contributed by atoms with van der Waals surface area (Å²) in [5.41, 5.74) is 0. The highest BCUT2D eigenvalue weighted by atomic mass is 16.5. The van der Waals surface area contributed by atoms with E-state index in [1.807, 2.05) is 13.8 Å². The minimum atomic E-state index is -0.342. The van der Waals surface area contributed by atoms with Crippen LogP contribution < -0.4 is 0 Å². The summed E-state index contributed by atoms with van der Waals surface area (Å²) in [5, 5.41) is 0. The molecule has 0 saturated carbocycles. The van der Waals surface area contributed by atoms with Gasteiger partial charge in [-0.25, -0.2) is 0 Å². The van der Waals surface area contributed by atoms with Gasteiger partial charge in [0, 0.05) is 33.0 Å². The summed E-state index contributed by atoms with van der Waals surface area (Å²) in [6, 6.07) is -0.251. The van der Waals surface area contributed by atoms with Gasteiger partial charge in [0.15, 0.2) is 0 Å². The number of fused-ring (bicyclic) bond motifs is 1. The van der Waals surface area contributed by atoms with Crippen molar-refractivity contribution in [1.29, 1.82) is 0 Å². The zero-order chi connectivity index (χ0) is 13.4. The Labute approximate surface area is 108 Å². The van der Waals surface area contributed by atoms with E-state index in [2.05, 4.69) is 0 Å². The van der Waals surface area contributed by atoms with E-state index < -0.39 is 0 Å². The molecule has 0 aromatic heterocycles. The average Bonchev–Trinajstić information content (AvgIpc) is 2.85. The standard InChI is InChI=1S/C13H22N2O3/c1-8(2)12(16)15-9-5-6-18-11(9)7-10(15)13(17)14(3)4/h8-11H,5-7H2,1-4H3/t9-,10?,11-/m0/s1. The molecule has 0 aliphatic carbocycles. The van der Waals surface area contributed by atoms with Crippen LogP contribution in [0.5, 0.6) is 0 Å². The predicted molar refractivity (Wildman–Crippen MR) is 66.9 cm³/mol. The Morgan fingerprint density at radius 3 is 2.56 bits per heavy atom. The van der Waals surface area contributed by atoms with Gasteiger partial charge in [0.1, 0.15) is 6.04 Å². The number of carbonyl (C=O) groups excluding carboxylic acids is 2. The predicted octanol–water partition coefficient (Wildman–Crippen LogP) is 0.489. The molecule has 0 spiro atoms. The van der Waals surface area contributed by atoms with E-state index in [0.29, 0.717) is 13.0 Å². The minimum Gasteiger partial charge on any atom is -0.376 e. The summed E-state index contributed by atoms with van der Waals surface area (Å²) in [7, 11) is 3.46. The van der Waals surface area contributed by atoms with Crippen molar-refractivity contribution in [2.24, 2.45) is 5.92 Å². The lowest BCUT2D eigenvalue weighted by molar-refractivity contribution is -0.146. The number of amides is 2. The molecule has 2 fully saturated rings. The number of ether oxygens (including phenoxy) is 1. The Kier molecular flexibility index (Phi) is 3.61. The molecule has 0 aromatic carbocycles. The fourth-order valence-corrected chi connectivity index (χ4v) is 2.88. The quantitative estimate of drug-likeness (QED) is 0.720. The van der Waals surface area contributed by atoms with Crippen molar-refractivity contribution >= 4 is 11.8 Å². The van der Waals surface area contributed by atoms with Crippen LogP contribution >= 0.6 is 0 Å². The third-order valence-electron chi connectivity index (χ3n) is 3.80. The Morgan fingerprint density at radius 2 is 2.00 bits per heavy atom. The van der Waals surface area contributed by atoms with Crippen LogP contribution in [0, 0.1) is 5.92 Å². The first-order valence-corrected chi connectivity index (χ1v) is 6.58. The van der Waals surface area contributed by atoms with E-state index in [1.54, 1.807) is 23.9 Å². The number of likely N-dealkylation sites (N-methyl/N-ethyl adjacent to an activating group) is 1. The molecule has 18 heavy (non-hydrogen) atoms. The van der Waals surface area contributed by atoms with Gasteiger partial charge >= 0.3 is 0 Å². The van der Waals surface area contributed by atoms with Crippen molar-refractivity contribution in [3.63, 3.8) is 0 Å². The fourth-order valence-electron chi connectivity index (χ4n) is 2.88. The summed E-state index contributed by atoms with van der Waals surface area (Å²) in [6.07, 6.45) is 1.53. The van der Waals surface area contributed by atoms with Crippen molar-refractivity contribution in [2.45, 2.75) is 44.9 Å². The zero-order valence-corrected chi connectivity index (χ0v) is 11.5. The number of carbonyl (C=O) groups is 2. The highest BCUT2D eigenvalue weighted by Crippen LogP contribution is 2.35. The summed E-state index contributed by atoms with van der Waals surface area (Å²) in [4.78, 5) is 27.9. The molecule has 3 atom stereocenters. The molecule has 2 rings (SSSR count). The number of nitrogens with zero attached hydrogens (tertiary/aromatic N) is 2. The molecule has 2 heterocycles. The molecule has 0 radical (unpaired) electrons. The van der Waals surface area contributed by atoms with E-state index in [-0.39, 0.29) is 35.9 Å². The second-order valence-electron chi connectivity index (χ2n) is 5.65. The largest absolute Gasteiger partial charge is 0.376 e. The molecule has 2 amide bonds. The maximum absolute atomic E-state index is 12.3. The Hall–Kier alpha value is -1.10. The van der Waals surface area contributed by atoms with Crippen LogP contribution in [-0.4, -0.2) is 60.5 Å². The lowest BCUT2D eigenvalue weighted by Gasteiger charge is -2.31. The normalized spacial score (nSPS) is 30.7. The molecule has 102 valence electrons. The van der Waals surface area contributed by atoms with Gasteiger partial charge in [0.05, 0.1) is 12.1 Å². The Morgan fingerprint density at radius 1 is 1.33 bits per heavy atom. The average molecular weight is 254 g/mol. The summed E-state index contributed by atoms with van der Waals surface area (Å²) >= 11 is 0. The molecule has 5 heteroatoms. The van der Waals surface area contributed by atoms with Gasteiger partial charge in [-0.3, -0.25) is 9.59 Å². The van der Waals surface area contributed by atoms with E-state index in [9.17, 15) is 9.59 Å². The van der Waals surface area contributed by atoms with Crippen molar-refractivity contribution < 1.29 is 14.3 Å². The van der Waals surface area contributed by atoms with Crippen LogP contribution in [0.25, 0.3) is 0 Å². The van der Waals surface area contributed by atoms with Crippen LogP contribution in [0.2, 0.25) is 0 Å². The van der Waals surface area contributed by atoms with Crippen LogP contribution in [0.1, 0.15) is 26.7 Å². The smallest absolute Gasteiger partial charge is 0.244 e. The second kappa shape index (κ2) is 4.88. The molecular weight excluding hydrogens is 232 g/mol. The van der Waals surface area contributed by atoms with Gasteiger partial charge in [0.25, 0.3) is 0 Å². The molecular formula is C13H22N2O3. The molecule has 0 bridgehead atoms. The van der Waals surface area contributed by atoms with E-state index >= 15 is 0 Å². The maximum atomic E-state index is 12.3. The topological polar surface area (TPSA) is 49.9 Å². The zero-order valence-electron chi connectivity index (χ0n) is 11.5. The second-order valence-corrected chi connectivity index (χ2v) is 5.65. The molecule has 2 saturated heterocycles. The number of likely N-dealkylation sites (tertiary alicyclic amines) is 1. The third kappa shape index (κ3) is 2.11. The SMILES string of the molecule is CC(C)C(=O)N1C(C(=O)N(C)C)C[C@@H]2OCC[C@@H]21. The third-order valence-corrected chi connectivity index (χ3v) is 3.80. The van der Waals surface area contributed by atoms with Gasteiger partial charge in [-0.1, -0.05) is 13.8 Å². The van der Waals surface area contributed by atoms with Gasteiger partial charge < -0.3 is 14.5 Å². The number of rotatable bonds is 2. The molecule has 2 aliphatic heterocycles. The van der Waals surface area contributed by atoms with Crippen LogP contribution in [0.3, 0.4) is 0 Å². The molecule has 0 N–H and O–H groups in total. The van der Waals surface area contributed by atoms with Crippen LogP contribution in [-0.2, 0) is 14.3 Å². The monoisotopic (exact) mass is 254 g/mol. The van der Waals surface area contributed by atoms with E-state index in [1.165, 1.54) is 0 Å². The highest BCUT2D eigenvalue weighted by molar-refractivity contribution is 5.89. The van der Waals surface area contributed by atoms with Crippen molar-refractivity contribution in [1.82, 2.24) is 9.80 Å². The summed E-state index contributed by atoms with van der Waals surface area (Å²) < 4.78 is 5.63. The van der Waals surface area contributed by atoms with Gasteiger partial charge in [0.2, 0.25) is 11.8 Å². The summed E-state index contributed by atoms with van der Waals surface area (Å²) in [6.45, 7) is 4.45. The molecule has 1 unspecified atom stereocenters. The molecule has 0 aromatic rings. The van der Waals surface area contributed by atoms with Crippen molar-refractivity contribution in [3.8, 4) is 0 Å². The fraction of sp³-hybridized carbons (Fsp3) is 0.846. The first kappa shape index (κ1) is 13.3. The number of hydrogen-bond donors (Lipinski definition) is 0.